The van der Waals surface area contributed by atoms with Gasteiger partial charge in [0.2, 0.25) is 0 Å². The molecule has 0 aliphatic carbocycles. The second-order valence-corrected chi connectivity index (χ2v) is 8.87. The van der Waals surface area contributed by atoms with Gasteiger partial charge in [-0.05, 0) is 19.8 Å². The maximum absolute atomic E-state index is 12.2. The summed E-state index contributed by atoms with van der Waals surface area (Å²) in [6.45, 7) is 2.90. The molecule has 218 valence electrons. The van der Waals surface area contributed by atoms with E-state index in [1.54, 1.807) is 6.92 Å². The highest BCUT2D eigenvalue weighted by Gasteiger charge is 2.59. The van der Waals surface area contributed by atoms with Crippen molar-refractivity contribution in [2.75, 3.05) is 70.8 Å². The molecule has 0 spiro atoms. The molecule has 1 atom stereocenters. The van der Waals surface area contributed by atoms with E-state index in [1.807, 2.05) is 0 Å². The predicted molar refractivity (Wildman–Crippen MR) is 136 cm³/mol. The van der Waals surface area contributed by atoms with Crippen molar-refractivity contribution in [1.29, 1.82) is 0 Å². The molecule has 1 saturated heterocycles. The van der Waals surface area contributed by atoms with E-state index in [1.165, 1.54) is 4.90 Å². The molecule has 16 heteroatoms. The summed E-state index contributed by atoms with van der Waals surface area (Å²) in [5.74, 6) is -7.42. The van der Waals surface area contributed by atoms with Crippen molar-refractivity contribution < 1.29 is 44.3 Å². The Kier molecular flexibility index (Phi) is 11.8. The lowest BCUT2D eigenvalue weighted by molar-refractivity contribution is -0.179. The predicted octanol–water partition coefficient (Wildman–Crippen LogP) is -2.88. The number of anilines is 1. The fourth-order valence-corrected chi connectivity index (χ4v) is 4.45. The smallest absolute Gasteiger partial charge is 0.347 e. The monoisotopic (exact) mass is 557 g/mol. The third-order valence-electron chi connectivity index (χ3n) is 6.51. The molecule has 1 fully saturated rings. The lowest BCUT2D eigenvalue weighted by atomic mass is 9.97. The maximum atomic E-state index is 12.2. The van der Waals surface area contributed by atoms with Crippen LogP contribution in [0.4, 0.5) is 5.69 Å². The van der Waals surface area contributed by atoms with Gasteiger partial charge in [-0.25, -0.2) is 14.4 Å². The van der Waals surface area contributed by atoms with E-state index >= 15 is 0 Å². The standard InChI is InChI=1S/C23H35N5O11/c1-2-39-18-15(16(29)17(18)30)26-5-3-4-14(19(31)32)27-10-8-24-6-7-25-9-11-28(13-12-27)23(20(33)34,21(35)36)22(37)38/h14,24-26H,2-13H2,1H3,(H,31,32)(H,33,34)(H,35,36)(H,37,38). The Labute approximate surface area is 223 Å². The van der Waals surface area contributed by atoms with Gasteiger partial charge in [-0.3, -0.25) is 24.2 Å². The molecule has 0 bridgehead atoms. The van der Waals surface area contributed by atoms with Crippen LogP contribution in [-0.4, -0.2) is 131 Å². The average Bonchev–Trinajstić information content (AvgIpc) is 2.86. The van der Waals surface area contributed by atoms with E-state index in [2.05, 4.69) is 16.0 Å². The summed E-state index contributed by atoms with van der Waals surface area (Å²) in [6, 6.07) is -1.08. The van der Waals surface area contributed by atoms with Crippen molar-refractivity contribution in [2.45, 2.75) is 31.3 Å². The molecule has 2 rings (SSSR count). The summed E-state index contributed by atoms with van der Waals surface area (Å²) in [5, 5.41) is 47.9. The van der Waals surface area contributed by atoms with Gasteiger partial charge in [0.05, 0.1) is 6.61 Å². The number of carbonyl (C=O) groups is 4. The van der Waals surface area contributed by atoms with Gasteiger partial charge in [0.25, 0.3) is 10.9 Å². The first-order valence-corrected chi connectivity index (χ1v) is 12.5. The zero-order chi connectivity index (χ0) is 29.2. The van der Waals surface area contributed by atoms with Gasteiger partial charge in [-0.2, -0.15) is 0 Å². The van der Waals surface area contributed by atoms with Crippen LogP contribution in [0.5, 0.6) is 5.75 Å². The number of rotatable bonds is 13. The third-order valence-corrected chi connectivity index (χ3v) is 6.51. The van der Waals surface area contributed by atoms with Crippen molar-refractivity contribution >= 4 is 29.6 Å². The van der Waals surface area contributed by atoms with Crippen LogP contribution in [0.1, 0.15) is 19.8 Å². The summed E-state index contributed by atoms with van der Waals surface area (Å²) in [6.07, 6.45) is 0.355. The van der Waals surface area contributed by atoms with Crippen LogP contribution in [0.25, 0.3) is 0 Å². The molecule has 1 unspecified atom stereocenters. The quantitative estimate of drug-likeness (QED) is 0.0732. The van der Waals surface area contributed by atoms with Crippen molar-refractivity contribution in [1.82, 2.24) is 20.4 Å². The molecule has 0 saturated carbocycles. The Morgan fingerprint density at radius 2 is 1.49 bits per heavy atom. The molecule has 7 N–H and O–H groups in total. The normalized spacial score (nSPS) is 17.5. The largest absolute Gasteiger partial charge is 0.488 e. The van der Waals surface area contributed by atoms with Crippen LogP contribution in [0.15, 0.2) is 9.59 Å². The average molecular weight is 558 g/mol. The number of hydrogen-bond donors (Lipinski definition) is 7. The van der Waals surface area contributed by atoms with Gasteiger partial charge < -0.3 is 41.1 Å². The maximum Gasteiger partial charge on any atom is 0.347 e. The van der Waals surface area contributed by atoms with Crippen LogP contribution >= 0.6 is 0 Å². The van der Waals surface area contributed by atoms with Crippen LogP contribution in [-0.2, 0) is 19.2 Å². The molecule has 1 aliphatic rings. The highest BCUT2D eigenvalue weighted by molar-refractivity contribution is 6.21. The first-order chi connectivity index (χ1) is 18.5. The number of hydrogen-bond acceptors (Lipinski definition) is 12. The van der Waals surface area contributed by atoms with Crippen molar-refractivity contribution in [3.05, 3.63) is 20.4 Å². The number of nitrogens with one attached hydrogen (secondary N) is 3. The Morgan fingerprint density at radius 1 is 0.897 bits per heavy atom. The van der Waals surface area contributed by atoms with Crippen LogP contribution in [0, 0.1) is 0 Å². The van der Waals surface area contributed by atoms with E-state index in [9.17, 15) is 49.2 Å². The number of aliphatic carboxylic acids is 4. The van der Waals surface area contributed by atoms with E-state index in [0.717, 1.165) is 4.90 Å². The molecular weight excluding hydrogens is 522 g/mol. The summed E-state index contributed by atoms with van der Waals surface area (Å²) in [4.78, 5) is 73.8. The van der Waals surface area contributed by atoms with Gasteiger partial charge >= 0.3 is 29.4 Å². The molecule has 0 radical (unpaired) electrons. The second kappa shape index (κ2) is 14.5. The highest BCUT2D eigenvalue weighted by atomic mass is 16.5. The van der Waals surface area contributed by atoms with Crippen molar-refractivity contribution in [2.24, 2.45) is 0 Å². The topological polar surface area (TPSA) is 235 Å². The Morgan fingerprint density at radius 3 is 2.03 bits per heavy atom. The number of ether oxygens (including phenoxy) is 1. The van der Waals surface area contributed by atoms with Gasteiger partial charge in [0.1, 0.15) is 11.7 Å². The van der Waals surface area contributed by atoms with Crippen molar-refractivity contribution in [3.63, 3.8) is 0 Å². The fraction of sp³-hybridized carbons (Fsp3) is 0.652. The highest BCUT2D eigenvalue weighted by Crippen LogP contribution is 2.20. The zero-order valence-electron chi connectivity index (χ0n) is 21.6. The first kappa shape index (κ1) is 31.6. The van der Waals surface area contributed by atoms with Gasteiger partial charge in [0, 0.05) is 58.9 Å². The van der Waals surface area contributed by atoms with E-state index in [4.69, 9.17) is 4.74 Å². The molecule has 1 aromatic carbocycles. The first-order valence-electron chi connectivity index (χ1n) is 12.5. The summed E-state index contributed by atoms with van der Waals surface area (Å²) >= 11 is 0. The second-order valence-electron chi connectivity index (χ2n) is 8.87. The van der Waals surface area contributed by atoms with Gasteiger partial charge in [-0.1, -0.05) is 0 Å². The Bertz CT molecular complexity index is 1060. The molecule has 0 amide bonds. The van der Waals surface area contributed by atoms with Gasteiger partial charge in [0.15, 0.2) is 5.75 Å². The number of carboxylic acids is 4. The SMILES string of the molecule is CCOc1c(NCCCC(C(=O)O)N2CCNCCNCCN(C(C(=O)O)(C(=O)O)C(=O)O)CC2)c(=O)c1=O. The third kappa shape index (κ3) is 7.29. The van der Waals surface area contributed by atoms with Crippen LogP contribution in [0.3, 0.4) is 0 Å². The Balaban J connectivity index is 2.19. The molecular formula is C23H35N5O11. The van der Waals surface area contributed by atoms with E-state index < -0.39 is 46.3 Å². The molecule has 0 aromatic heterocycles. The lowest BCUT2D eigenvalue weighted by Gasteiger charge is -2.37. The summed E-state index contributed by atoms with van der Waals surface area (Å²) in [7, 11) is 0. The molecule has 16 nitrogen and oxygen atoms in total. The molecule has 1 heterocycles. The number of nitrogens with zero attached hydrogens (tertiary/aromatic N) is 2. The minimum Gasteiger partial charge on any atom is -0.488 e. The van der Waals surface area contributed by atoms with Crippen LogP contribution in [0.2, 0.25) is 0 Å². The summed E-state index contributed by atoms with van der Waals surface area (Å²) < 4.78 is 5.14. The minimum absolute atomic E-state index is 0.0424. The van der Waals surface area contributed by atoms with E-state index in [-0.39, 0.29) is 70.2 Å². The lowest BCUT2D eigenvalue weighted by Crippen LogP contribution is -2.67. The fourth-order valence-electron chi connectivity index (χ4n) is 4.45. The van der Waals surface area contributed by atoms with Gasteiger partial charge in [-0.15, -0.1) is 0 Å². The molecule has 39 heavy (non-hydrogen) atoms. The molecule has 1 aliphatic heterocycles. The van der Waals surface area contributed by atoms with E-state index in [0.29, 0.717) is 19.6 Å². The number of carboxylic acid groups (broad SMARTS) is 4. The van der Waals surface area contributed by atoms with Crippen molar-refractivity contribution in [3.8, 4) is 5.75 Å². The Hall–Kier alpha value is -3.60. The van der Waals surface area contributed by atoms with Crippen LogP contribution < -0.4 is 31.5 Å². The minimum atomic E-state index is -3.25. The summed E-state index contributed by atoms with van der Waals surface area (Å²) in [5.41, 5.74) is -4.65. The molecule has 1 aromatic rings. The zero-order valence-corrected chi connectivity index (χ0v) is 21.6.